The van der Waals surface area contributed by atoms with Crippen LogP contribution in [0.25, 0.3) is 0 Å². The molecule has 24 heavy (non-hydrogen) atoms. The van der Waals surface area contributed by atoms with Crippen molar-refractivity contribution in [2.75, 3.05) is 20.2 Å². The highest BCUT2D eigenvalue weighted by molar-refractivity contribution is 6.30. The van der Waals surface area contributed by atoms with Gasteiger partial charge in [0.05, 0.1) is 6.10 Å². The van der Waals surface area contributed by atoms with Crippen LogP contribution in [0, 0.1) is 0 Å². The van der Waals surface area contributed by atoms with Crippen molar-refractivity contribution in [3.63, 3.8) is 0 Å². The summed E-state index contributed by atoms with van der Waals surface area (Å²) in [5.74, 6) is 0. The van der Waals surface area contributed by atoms with E-state index in [2.05, 4.69) is 54.4 Å². The van der Waals surface area contributed by atoms with Gasteiger partial charge in [-0.2, -0.15) is 0 Å². The van der Waals surface area contributed by atoms with Gasteiger partial charge in [-0.3, -0.25) is 0 Å². The smallest absolute Gasteiger partial charge is 0.0865 e. The van der Waals surface area contributed by atoms with E-state index in [1.807, 2.05) is 12.1 Å². The van der Waals surface area contributed by atoms with Crippen LogP contribution in [0.1, 0.15) is 36.5 Å². The highest BCUT2D eigenvalue weighted by Gasteiger charge is 2.21. The second-order valence-corrected chi connectivity index (χ2v) is 7.10. The topological polar surface area (TPSA) is 12.5 Å². The van der Waals surface area contributed by atoms with Gasteiger partial charge >= 0.3 is 0 Å². The minimum absolute atomic E-state index is 0.0964. The fraction of sp³-hybridized carbons (Fsp3) is 0.429. The second kappa shape index (κ2) is 8.66. The number of hydrogen-bond donors (Lipinski definition) is 0. The molecule has 2 aromatic carbocycles. The van der Waals surface area contributed by atoms with E-state index in [4.69, 9.17) is 16.3 Å². The number of nitrogens with zero attached hydrogens (tertiary/aromatic N) is 1. The Morgan fingerprint density at radius 1 is 1.12 bits per heavy atom. The first-order valence-corrected chi connectivity index (χ1v) is 9.21. The summed E-state index contributed by atoms with van der Waals surface area (Å²) in [5, 5.41) is 0.778. The maximum Gasteiger partial charge on any atom is 0.0865 e. The van der Waals surface area contributed by atoms with E-state index in [1.165, 1.54) is 30.5 Å². The van der Waals surface area contributed by atoms with Crippen molar-refractivity contribution in [1.82, 2.24) is 4.90 Å². The van der Waals surface area contributed by atoms with Crippen LogP contribution in [-0.4, -0.2) is 31.1 Å². The fourth-order valence-corrected chi connectivity index (χ4v) is 3.59. The molecule has 0 bridgehead atoms. The Morgan fingerprint density at radius 2 is 1.88 bits per heavy atom. The molecule has 0 saturated carbocycles. The Bertz CT molecular complexity index is 613. The average Bonchev–Trinajstić information content (AvgIpc) is 3.02. The lowest BCUT2D eigenvalue weighted by Gasteiger charge is -2.22. The summed E-state index contributed by atoms with van der Waals surface area (Å²) in [6, 6.07) is 19.3. The van der Waals surface area contributed by atoms with Gasteiger partial charge in [0.2, 0.25) is 0 Å². The molecule has 0 amide bonds. The maximum absolute atomic E-state index is 6.31. The molecule has 1 saturated heterocycles. The lowest BCUT2D eigenvalue weighted by Crippen LogP contribution is -2.26. The predicted molar refractivity (Wildman–Crippen MR) is 101 cm³/mol. The standard InChI is InChI=1S/C21H26ClNO/c1-23-14-5-8-20(23)13-15-24-21(18-6-3-2-4-7-18)16-17-9-11-19(22)12-10-17/h2-4,6-7,9-12,20-21H,5,8,13-16H2,1H3. The van der Waals surface area contributed by atoms with E-state index in [0.29, 0.717) is 6.04 Å². The number of halogens is 1. The normalized spacial score (nSPS) is 19.5. The molecular weight excluding hydrogens is 318 g/mol. The van der Waals surface area contributed by atoms with E-state index in [-0.39, 0.29) is 6.10 Å². The van der Waals surface area contributed by atoms with Gasteiger partial charge in [-0.15, -0.1) is 0 Å². The number of hydrogen-bond acceptors (Lipinski definition) is 2. The van der Waals surface area contributed by atoms with Gasteiger partial charge in [-0.05, 0) is 56.1 Å². The van der Waals surface area contributed by atoms with E-state index in [9.17, 15) is 0 Å². The van der Waals surface area contributed by atoms with Gasteiger partial charge in [-0.1, -0.05) is 54.1 Å². The number of ether oxygens (including phenoxy) is 1. The summed E-state index contributed by atoms with van der Waals surface area (Å²) < 4.78 is 6.31. The van der Waals surface area contributed by atoms with Crippen LogP contribution in [0.3, 0.4) is 0 Å². The SMILES string of the molecule is CN1CCCC1CCOC(Cc1ccc(Cl)cc1)c1ccccc1. The Morgan fingerprint density at radius 3 is 2.54 bits per heavy atom. The molecule has 0 aromatic heterocycles. The van der Waals surface area contributed by atoms with Crippen LogP contribution in [-0.2, 0) is 11.2 Å². The quantitative estimate of drug-likeness (QED) is 0.691. The first kappa shape index (κ1) is 17.5. The van der Waals surface area contributed by atoms with Crippen LogP contribution in [0.2, 0.25) is 5.02 Å². The molecule has 3 heteroatoms. The van der Waals surface area contributed by atoms with Crippen LogP contribution < -0.4 is 0 Å². The zero-order valence-corrected chi connectivity index (χ0v) is 15.1. The van der Waals surface area contributed by atoms with Gasteiger partial charge in [0.1, 0.15) is 0 Å². The summed E-state index contributed by atoms with van der Waals surface area (Å²) in [6.07, 6.45) is 4.70. The second-order valence-electron chi connectivity index (χ2n) is 6.67. The molecule has 1 heterocycles. The highest BCUT2D eigenvalue weighted by atomic mass is 35.5. The van der Waals surface area contributed by atoms with Gasteiger partial charge in [0.15, 0.2) is 0 Å². The molecular formula is C21H26ClNO. The number of likely N-dealkylation sites (tertiary alicyclic amines) is 1. The van der Waals surface area contributed by atoms with E-state index in [0.717, 1.165) is 24.5 Å². The lowest BCUT2D eigenvalue weighted by atomic mass is 10.0. The Hall–Kier alpha value is -1.35. The van der Waals surface area contributed by atoms with Crippen molar-refractivity contribution >= 4 is 11.6 Å². The summed E-state index contributed by atoms with van der Waals surface area (Å²) >= 11 is 6.00. The van der Waals surface area contributed by atoms with Gasteiger partial charge in [0, 0.05) is 24.1 Å². The molecule has 2 unspecified atom stereocenters. The van der Waals surface area contributed by atoms with Crippen LogP contribution in [0.5, 0.6) is 0 Å². The fourth-order valence-electron chi connectivity index (χ4n) is 3.47. The minimum Gasteiger partial charge on any atom is -0.373 e. The van der Waals surface area contributed by atoms with E-state index < -0.39 is 0 Å². The number of rotatable bonds is 7. The molecule has 0 radical (unpaired) electrons. The highest BCUT2D eigenvalue weighted by Crippen LogP contribution is 2.25. The average molecular weight is 344 g/mol. The van der Waals surface area contributed by atoms with Gasteiger partial charge in [-0.25, -0.2) is 0 Å². The molecule has 2 atom stereocenters. The molecule has 1 fully saturated rings. The van der Waals surface area contributed by atoms with Crippen molar-refractivity contribution in [3.8, 4) is 0 Å². The Labute approximate surface area is 150 Å². The third kappa shape index (κ3) is 4.83. The van der Waals surface area contributed by atoms with Crippen molar-refractivity contribution < 1.29 is 4.74 Å². The Balaban J connectivity index is 1.62. The summed E-state index contributed by atoms with van der Waals surface area (Å²) in [6.45, 7) is 2.03. The minimum atomic E-state index is 0.0964. The molecule has 1 aliphatic heterocycles. The molecule has 3 rings (SSSR count). The first-order chi connectivity index (χ1) is 11.7. The molecule has 128 valence electrons. The molecule has 0 aliphatic carbocycles. The van der Waals surface area contributed by atoms with Crippen LogP contribution >= 0.6 is 11.6 Å². The lowest BCUT2D eigenvalue weighted by molar-refractivity contribution is 0.0415. The monoisotopic (exact) mass is 343 g/mol. The molecule has 1 aliphatic rings. The molecule has 0 N–H and O–H groups in total. The van der Waals surface area contributed by atoms with E-state index >= 15 is 0 Å². The third-order valence-electron chi connectivity index (χ3n) is 4.95. The van der Waals surface area contributed by atoms with Gasteiger partial charge < -0.3 is 9.64 Å². The van der Waals surface area contributed by atoms with Crippen molar-refractivity contribution in [1.29, 1.82) is 0 Å². The van der Waals surface area contributed by atoms with Crippen molar-refractivity contribution in [2.45, 2.75) is 37.8 Å². The van der Waals surface area contributed by atoms with Crippen LogP contribution in [0.4, 0.5) is 0 Å². The zero-order chi connectivity index (χ0) is 16.8. The predicted octanol–water partition coefficient (Wildman–Crippen LogP) is 5.12. The Kier molecular flexibility index (Phi) is 6.30. The van der Waals surface area contributed by atoms with Crippen molar-refractivity contribution in [3.05, 3.63) is 70.7 Å². The molecule has 2 aromatic rings. The third-order valence-corrected chi connectivity index (χ3v) is 5.20. The van der Waals surface area contributed by atoms with Crippen molar-refractivity contribution in [2.24, 2.45) is 0 Å². The molecule has 2 nitrogen and oxygen atoms in total. The first-order valence-electron chi connectivity index (χ1n) is 8.83. The van der Waals surface area contributed by atoms with Gasteiger partial charge in [0.25, 0.3) is 0 Å². The van der Waals surface area contributed by atoms with E-state index in [1.54, 1.807) is 0 Å². The summed E-state index contributed by atoms with van der Waals surface area (Å²) in [7, 11) is 2.22. The zero-order valence-electron chi connectivity index (χ0n) is 14.3. The number of benzene rings is 2. The summed E-state index contributed by atoms with van der Waals surface area (Å²) in [4.78, 5) is 2.46. The molecule has 0 spiro atoms. The summed E-state index contributed by atoms with van der Waals surface area (Å²) in [5.41, 5.74) is 2.50. The maximum atomic E-state index is 6.31. The largest absolute Gasteiger partial charge is 0.373 e. The van der Waals surface area contributed by atoms with Crippen LogP contribution in [0.15, 0.2) is 54.6 Å².